The van der Waals surface area contributed by atoms with Crippen molar-refractivity contribution in [2.45, 2.75) is 38.8 Å². The van der Waals surface area contributed by atoms with E-state index >= 15 is 0 Å². The number of nitrogens with zero attached hydrogens (tertiary/aromatic N) is 4. The van der Waals surface area contributed by atoms with Gasteiger partial charge < -0.3 is 10.2 Å². The van der Waals surface area contributed by atoms with E-state index < -0.39 is 6.17 Å². The minimum absolute atomic E-state index is 0.145. The molecule has 0 aliphatic carbocycles. The molecule has 4 atom stereocenters. The SMILES string of the molecule is C[C@H]1C[C@@H](CC(=O)CC2CCNCC2F)CN(c2cnc(C#N)c3ncccc23)C1. The van der Waals surface area contributed by atoms with Crippen LogP contribution in [0.3, 0.4) is 0 Å². The summed E-state index contributed by atoms with van der Waals surface area (Å²) in [5, 5.41) is 13.3. The van der Waals surface area contributed by atoms with E-state index in [1.165, 1.54) is 0 Å². The third-order valence-electron chi connectivity index (χ3n) is 6.37. The van der Waals surface area contributed by atoms with Gasteiger partial charge in [0.25, 0.3) is 0 Å². The second kappa shape index (κ2) is 9.05. The molecule has 4 rings (SSSR count). The zero-order valence-corrected chi connectivity index (χ0v) is 17.4. The van der Waals surface area contributed by atoms with Gasteiger partial charge in [0.15, 0.2) is 5.69 Å². The monoisotopic (exact) mass is 409 g/mol. The molecule has 0 spiro atoms. The van der Waals surface area contributed by atoms with Crippen LogP contribution in [-0.4, -0.2) is 48.1 Å². The predicted molar refractivity (Wildman–Crippen MR) is 114 cm³/mol. The van der Waals surface area contributed by atoms with Crippen LogP contribution in [0, 0.1) is 29.1 Å². The summed E-state index contributed by atoms with van der Waals surface area (Å²) in [6.45, 7) is 4.99. The lowest BCUT2D eigenvalue weighted by Gasteiger charge is -2.38. The lowest BCUT2D eigenvalue weighted by atomic mass is 9.83. The van der Waals surface area contributed by atoms with E-state index in [0.29, 0.717) is 36.5 Å². The summed E-state index contributed by atoms with van der Waals surface area (Å²) in [7, 11) is 0. The molecule has 0 bridgehead atoms. The summed E-state index contributed by atoms with van der Waals surface area (Å²) in [4.78, 5) is 23.7. The van der Waals surface area contributed by atoms with Gasteiger partial charge in [-0.3, -0.25) is 9.78 Å². The Morgan fingerprint density at radius 3 is 3.03 bits per heavy atom. The quantitative estimate of drug-likeness (QED) is 0.816. The Morgan fingerprint density at radius 2 is 2.23 bits per heavy atom. The van der Waals surface area contributed by atoms with Gasteiger partial charge in [0.1, 0.15) is 23.5 Å². The molecule has 0 amide bonds. The van der Waals surface area contributed by atoms with Gasteiger partial charge in [0.05, 0.1) is 11.9 Å². The standard InChI is InChI=1S/C23H28FN5O/c1-15-7-16(8-18(30)9-17-4-6-26-11-20(17)24)14-29(13-15)22-12-28-21(10-25)23-19(22)3-2-5-27-23/h2-3,5,12,15-17,20,26H,4,6-9,11,13-14H2,1H3/t15-,16-,17?,20?/m0/s1. The third kappa shape index (κ3) is 4.44. The number of aromatic nitrogens is 2. The Kier molecular flexibility index (Phi) is 6.24. The molecule has 4 heterocycles. The Hall–Kier alpha value is -2.59. The van der Waals surface area contributed by atoms with Gasteiger partial charge in [-0.1, -0.05) is 6.92 Å². The number of halogens is 1. The van der Waals surface area contributed by atoms with E-state index in [4.69, 9.17) is 0 Å². The zero-order chi connectivity index (χ0) is 21.1. The van der Waals surface area contributed by atoms with Crippen LogP contribution in [0.5, 0.6) is 0 Å². The van der Waals surface area contributed by atoms with Gasteiger partial charge in [0, 0.05) is 44.1 Å². The molecule has 6 nitrogen and oxygen atoms in total. The predicted octanol–water partition coefficient (Wildman–Crippen LogP) is 3.26. The minimum atomic E-state index is -0.923. The maximum Gasteiger partial charge on any atom is 0.166 e. The average molecular weight is 410 g/mol. The Balaban J connectivity index is 1.48. The van der Waals surface area contributed by atoms with E-state index in [2.05, 4.69) is 33.2 Å². The number of Topliss-reactive ketones (excluding diaryl/α,β-unsaturated/α-hetero) is 1. The van der Waals surface area contributed by atoms with Crippen LogP contribution in [0.25, 0.3) is 10.9 Å². The number of nitrogens with one attached hydrogen (secondary N) is 1. The fourth-order valence-electron chi connectivity index (χ4n) is 5.02. The highest BCUT2D eigenvalue weighted by molar-refractivity contribution is 5.93. The highest BCUT2D eigenvalue weighted by atomic mass is 19.1. The van der Waals surface area contributed by atoms with E-state index in [0.717, 1.165) is 43.5 Å². The lowest BCUT2D eigenvalue weighted by molar-refractivity contribution is -0.121. The van der Waals surface area contributed by atoms with Crippen molar-refractivity contribution in [3.63, 3.8) is 0 Å². The summed E-state index contributed by atoms with van der Waals surface area (Å²) in [6.07, 6.45) is 5.07. The van der Waals surface area contributed by atoms with Gasteiger partial charge in [-0.05, 0) is 49.3 Å². The highest BCUT2D eigenvalue weighted by Crippen LogP contribution is 2.33. The normalized spacial score (nSPS) is 27.0. The number of fused-ring (bicyclic) bond motifs is 1. The number of nitriles is 1. The highest BCUT2D eigenvalue weighted by Gasteiger charge is 2.31. The van der Waals surface area contributed by atoms with Crippen LogP contribution in [0.2, 0.25) is 0 Å². The Labute approximate surface area is 176 Å². The molecule has 2 aromatic heterocycles. The fourth-order valence-corrected chi connectivity index (χ4v) is 5.02. The second-order valence-corrected chi connectivity index (χ2v) is 8.83. The molecule has 30 heavy (non-hydrogen) atoms. The van der Waals surface area contributed by atoms with Gasteiger partial charge in [-0.2, -0.15) is 5.26 Å². The van der Waals surface area contributed by atoms with Crippen LogP contribution in [-0.2, 0) is 4.79 Å². The molecule has 7 heteroatoms. The summed E-state index contributed by atoms with van der Waals surface area (Å²) in [5.41, 5.74) is 1.90. The third-order valence-corrected chi connectivity index (χ3v) is 6.37. The number of rotatable bonds is 5. The van der Waals surface area contributed by atoms with Crippen molar-refractivity contribution in [1.82, 2.24) is 15.3 Å². The fraction of sp³-hybridized carbons (Fsp3) is 0.565. The summed E-state index contributed by atoms with van der Waals surface area (Å²) in [6, 6.07) is 5.95. The maximum absolute atomic E-state index is 14.1. The number of ketones is 1. The molecule has 1 N–H and O–H groups in total. The van der Waals surface area contributed by atoms with Crippen molar-refractivity contribution < 1.29 is 9.18 Å². The zero-order valence-electron chi connectivity index (χ0n) is 17.4. The van der Waals surface area contributed by atoms with E-state index in [9.17, 15) is 14.4 Å². The number of hydrogen-bond donors (Lipinski definition) is 1. The maximum atomic E-state index is 14.1. The van der Waals surface area contributed by atoms with Crippen molar-refractivity contribution in [2.75, 3.05) is 31.1 Å². The Morgan fingerprint density at radius 1 is 1.37 bits per heavy atom. The van der Waals surface area contributed by atoms with Crippen LogP contribution in [0.4, 0.5) is 10.1 Å². The van der Waals surface area contributed by atoms with Crippen molar-refractivity contribution in [3.05, 3.63) is 30.2 Å². The topological polar surface area (TPSA) is 81.9 Å². The molecular weight excluding hydrogens is 381 g/mol. The molecule has 158 valence electrons. The van der Waals surface area contributed by atoms with Crippen molar-refractivity contribution in [2.24, 2.45) is 17.8 Å². The van der Waals surface area contributed by atoms with Gasteiger partial charge in [0.2, 0.25) is 0 Å². The van der Waals surface area contributed by atoms with Crippen molar-refractivity contribution >= 4 is 22.4 Å². The van der Waals surface area contributed by atoms with Crippen molar-refractivity contribution in [3.8, 4) is 6.07 Å². The van der Waals surface area contributed by atoms with Crippen LogP contribution >= 0.6 is 0 Å². The average Bonchev–Trinajstić information content (AvgIpc) is 2.74. The molecule has 2 fully saturated rings. The van der Waals surface area contributed by atoms with Crippen LogP contribution in [0.1, 0.15) is 38.3 Å². The number of carbonyl (C=O) groups excluding carboxylic acids is 1. The molecule has 0 radical (unpaired) electrons. The molecular formula is C23H28FN5O. The summed E-state index contributed by atoms with van der Waals surface area (Å²) in [5.74, 6) is 0.705. The molecule has 2 aliphatic heterocycles. The number of carbonyl (C=O) groups is 1. The number of piperidine rings is 2. The first-order valence-electron chi connectivity index (χ1n) is 10.8. The van der Waals surface area contributed by atoms with Gasteiger partial charge >= 0.3 is 0 Å². The molecule has 0 aromatic carbocycles. The number of hydrogen-bond acceptors (Lipinski definition) is 6. The lowest BCUT2D eigenvalue weighted by Crippen LogP contribution is -2.41. The molecule has 2 aliphatic rings. The molecule has 2 unspecified atom stereocenters. The van der Waals surface area contributed by atoms with E-state index in [1.807, 2.05) is 12.1 Å². The number of anilines is 1. The van der Waals surface area contributed by atoms with E-state index in [-0.39, 0.29) is 17.6 Å². The number of pyridine rings is 2. The first-order chi connectivity index (χ1) is 14.5. The van der Waals surface area contributed by atoms with Gasteiger partial charge in [-0.25, -0.2) is 9.37 Å². The molecule has 2 aromatic rings. The Bertz CT molecular complexity index is 958. The minimum Gasteiger partial charge on any atom is -0.369 e. The first-order valence-corrected chi connectivity index (χ1v) is 10.8. The van der Waals surface area contributed by atoms with Crippen LogP contribution in [0.15, 0.2) is 24.5 Å². The largest absolute Gasteiger partial charge is 0.369 e. The van der Waals surface area contributed by atoms with Crippen LogP contribution < -0.4 is 10.2 Å². The van der Waals surface area contributed by atoms with Gasteiger partial charge in [-0.15, -0.1) is 0 Å². The van der Waals surface area contributed by atoms with E-state index in [1.54, 1.807) is 12.4 Å². The summed E-state index contributed by atoms with van der Waals surface area (Å²) < 4.78 is 14.1. The smallest absolute Gasteiger partial charge is 0.166 e. The second-order valence-electron chi connectivity index (χ2n) is 8.83. The molecule has 0 saturated carbocycles. The number of alkyl halides is 1. The summed E-state index contributed by atoms with van der Waals surface area (Å²) >= 11 is 0. The molecule has 2 saturated heterocycles. The first kappa shape index (κ1) is 20.7. The van der Waals surface area contributed by atoms with Crippen molar-refractivity contribution in [1.29, 1.82) is 5.26 Å².